The van der Waals surface area contributed by atoms with Gasteiger partial charge in [0, 0.05) is 25.3 Å². The Hall–Kier alpha value is -1.49. The molecule has 0 saturated heterocycles. The summed E-state index contributed by atoms with van der Waals surface area (Å²) >= 11 is 0. The third-order valence-corrected chi connectivity index (χ3v) is 3.64. The van der Waals surface area contributed by atoms with Crippen LogP contribution in [-0.2, 0) is 4.74 Å². The van der Waals surface area contributed by atoms with Gasteiger partial charge in [-0.05, 0) is 25.7 Å². The van der Waals surface area contributed by atoms with E-state index in [0.29, 0.717) is 24.4 Å². The van der Waals surface area contributed by atoms with Crippen LogP contribution in [0.4, 0.5) is 15.8 Å². The summed E-state index contributed by atoms with van der Waals surface area (Å²) in [5.74, 6) is -0.160. The average molecular weight is 282 g/mol. The fraction of sp³-hybridized carbons (Fsp3) is 0.600. The SMILES string of the molecule is CCCOc1cc(NC2CCC(OC)C2)c(N)cc1F. The normalized spacial score (nSPS) is 21.9. The van der Waals surface area contributed by atoms with Gasteiger partial charge in [0.05, 0.1) is 24.1 Å². The number of anilines is 2. The second-order valence-electron chi connectivity index (χ2n) is 5.23. The van der Waals surface area contributed by atoms with Crippen LogP contribution in [0.25, 0.3) is 0 Å². The van der Waals surface area contributed by atoms with Gasteiger partial charge in [0.15, 0.2) is 11.6 Å². The zero-order valence-corrected chi connectivity index (χ0v) is 12.1. The van der Waals surface area contributed by atoms with Gasteiger partial charge in [0.1, 0.15) is 0 Å². The van der Waals surface area contributed by atoms with Crippen molar-refractivity contribution in [2.75, 3.05) is 24.8 Å². The molecule has 1 fully saturated rings. The number of halogens is 1. The van der Waals surface area contributed by atoms with Crippen LogP contribution in [-0.4, -0.2) is 25.9 Å². The molecule has 1 aliphatic rings. The molecule has 0 amide bonds. The van der Waals surface area contributed by atoms with Crippen molar-refractivity contribution in [2.24, 2.45) is 0 Å². The van der Waals surface area contributed by atoms with E-state index < -0.39 is 5.82 Å². The van der Waals surface area contributed by atoms with Gasteiger partial charge in [0.2, 0.25) is 0 Å². The zero-order chi connectivity index (χ0) is 14.5. The predicted octanol–water partition coefficient (Wildman–Crippen LogP) is 3.18. The summed E-state index contributed by atoms with van der Waals surface area (Å²) < 4.78 is 24.5. The summed E-state index contributed by atoms with van der Waals surface area (Å²) in [5, 5.41) is 3.37. The lowest BCUT2D eigenvalue weighted by atomic mass is 10.2. The molecule has 2 atom stereocenters. The van der Waals surface area contributed by atoms with Crippen molar-refractivity contribution >= 4 is 11.4 Å². The van der Waals surface area contributed by atoms with Crippen LogP contribution in [0.15, 0.2) is 12.1 Å². The number of methoxy groups -OCH3 is 1. The van der Waals surface area contributed by atoms with Crippen LogP contribution in [0.5, 0.6) is 5.75 Å². The Bertz CT molecular complexity index is 454. The second kappa shape index (κ2) is 6.79. The summed E-state index contributed by atoms with van der Waals surface area (Å²) in [4.78, 5) is 0. The van der Waals surface area contributed by atoms with E-state index in [4.69, 9.17) is 15.2 Å². The van der Waals surface area contributed by atoms with Crippen molar-refractivity contribution in [2.45, 2.75) is 44.8 Å². The quantitative estimate of drug-likeness (QED) is 0.787. The van der Waals surface area contributed by atoms with E-state index in [1.54, 1.807) is 13.2 Å². The van der Waals surface area contributed by atoms with Crippen LogP contribution >= 0.6 is 0 Å². The van der Waals surface area contributed by atoms with E-state index in [9.17, 15) is 4.39 Å². The fourth-order valence-corrected chi connectivity index (χ4v) is 2.52. The van der Waals surface area contributed by atoms with E-state index in [2.05, 4.69) is 5.32 Å². The van der Waals surface area contributed by atoms with Crippen LogP contribution in [0, 0.1) is 5.82 Å². The van der Waals surface area contributed by atoms with Crippen molar-refractivity contribution in [3.8, 4) is 5.75 Å². The Balaban J connectivity index is 2.07. The molecule has 2 unspecified atom stereocenters. The molecule has 1 aromatic carbocycles. The lowest BCUT2D eigenvalue weighted by Crippen LogP contribution is -2.18. The van der Waals surface area contributed by atoms with E-state index >= 15 is 0 Å². The first-order valence-electron chi connectivity index (χ1n) is 7.15. The summed E-state index contributed by atoms with van der Waals surface area (Å²) in [6, 6.07) is 3.28. The monoisotopic (exact) mass is 282 g/mol. The highest BCUT2D eigenvalue weighted by molar-refractivity contribution is 5.69. The standard InChI is InChI=1S/C15H23FN2O2/c1-3-6-20-15-9-14(13(17)8-12(15)16)18-10-4-5-11(7-10)19-2/h8-11,18H,3-7,17H2,1-2H3. The molecule has 0 spiro atoms. The Morgan fingerprint density at radius 2 is 2.20 bits per heavy atom. The van der Waals surface area contributed by atoms with E-state index in [1.807, 2.05) is 6.92 Å². The largest absolute Gasteiger partial charge is 0.490 e. The number of hydrogen-bond acceptors (Lipinski definition) is 4. The molecular formula is C15H23FN2O2. The predicted molar refractivity (Wildman–Crippen MR) is 78.7 cm³/mol. The molecule has 0 bridgehead atoms. The second-order valence-corrected chi connectivity index (χ2v) is 5.23. The molecule has 20 heavy (non-hydrogen) atoms. The maximum atomic E-state index is 13.7. The number of ether oxygens (including phenoxy) is 2. The molecule has 1 saturated carbocycles. The third kappa shape index (κ3) is 3.54. The highest BCUT2D eigenvalue weighted by Gasteiger charge is 2.25. The first-order chi connectivity index (χ1) is 9.63. The number of benzene rings is 1. The molecule has 1 aliphatic carbocycles. The van der Waals surface area contributed by atoms with E-state index in [-0.39, 0.29) is 5.75 Å². The van der Waals surface area contributed by atoms with Crippen LogP contribution in [0.3, 0.4) is 0 Å². The van der Waals surface area contributed by atoms with Gasteiger partial charge in [-0.2, -0.15) is 0 Å². The minimum Gasteiger partial charge on any atom is -0.490 e. The van der Waals surface area contributed by atoms with Gasteiger partial charge in [0.25, 0.3) is 0 Å². The number of nitrogens with one attached hydrogen (secondary N) is 1. The first-order valence-corrected chi connectivity index (χ1v) is 7.15. The first kappa shape index (κ1) is 14.9. The topological polar surface area (TPSA) is 56.5 Å². The van der Waals surface area contributed by atoms with Gasteiger partial charge in [-0.25, -0.2) is 4.39 Å². The lowest BCUT2D eigenvalue weighted by Gasteiger charge is -2.17. The van der Waals surface area contributed by atoms with Crippen LogP contribution < -0.4 is 15.8 Å². The van der Waals surface area contributed by atoms with Crippen LogP contribution in [0.2, 0.25) is 0 Å². The molecule has 0 aromatic heterocycles. The van der Waals surface area contributed by atoms with Crippen molar-refractivity contribution in [3.63, 3.8) is 0 Å². The molecule has 4 nitrogen and oxygen atoms in total. The van der Waals surface area contributed by atoms with Crippen LogP contribution in [0.1, 0.15) is 32.6 Å². The Morgan fingerprint density at radius 3 is 2.85 bits per heavy atom. The zero-order valence-electron chi connectivity index (χ0n) is 12.1. The van der Waals surface area contributed by atoms with Gasteiger partial charge >= 0.3 is 0 Å². The molecule has 3 N–H and O–H groups in total. The average Bonchev–Trinajstić information content (AvgIpc) is 2.88. The molecule has 0 heterocycles. The summed E-state index contributed by atoms with van der Waals surface area (Å²) in [6.07, 6.45) is 4.14. The van der Waals surface area contributed by atoms with Gasteiger partial charge in [-0.15, -0.1) is 0 Å². The third-order valence-electron chi connectivity index (χ3n) is 3.64. The highest BCUT2D eigenvalue weighted by Crippen LogP contribution is 2.32. The van der Waals surface area contributed by atoms with Crippen molar-refractivity contribution in [1.29, 1.82) is 0 Å². The van der Waals surface area contributed by atoms with Gasteiger partial charge in [-0.3, -0.25) is 0 Å². The van der Waals surface area contributed by atoms with E-state index in [1.165, 1.54) is 6.07 Å². The minimum atomic E-state index is -0.414. The summed E-state index contributed by atoms with van der Waals surface area (Å²) in [5.41, 5.74) is 7.02. The molecule has 0 aliphatic heterocycles. The van der Waals surface area contributed by atoms with Gasteiger partial charge < -0.3 is 20.5 Å². The maximum absolute atomic E-state index is 13.7. The highest BCUT2D eigenvalue weighted by atomic mass is 19.1. The summed E-state index contributed by atoms with van der Waals surface area (Å²) in [7, 11) is 1.73. The number of rotatable bonds is 6. The number of hydrogen-bond donors (Lipinski definition) is 2. The van der Waals surface area contributed by atoms with E-state index in [0.717, 1.165) is 31.4 Å². The smallest absolute Gasteiger partial charge is 0.167 e. The Labute approximate surface area is 119 Å². The Morgan fingerprint density at radius 1 is 1.40 bits per heavy atom. The lowest BCUT2D eigenvalue weighted by molar-refractivity contribution is 0.108. The molecule has 0 radical (unpaired) electrons. The Kier molecular flexibility index (Phi) is 5.06. The fourth-order valence-electron chi connectivity index (χ4n) is 2.52. The van der Waals surface area contributed by atoms with Crippen molar-refractivity contribution in [1.82, 2.24) is 0 Å². The number of nitrogens with two attached hydrogens (primary N) is 1. The maximum Gasteiger partial charge on any atom is 0.167 e. The molecule has 5 heteroatoms. The number of nitrogen functional groups attached to an aromatic ring is 1. The minimum absolute atomic E-state index is 0.254. The molecule has 2 rings (SSSR count). The molecule has 1 aromatic rings. The summed E-state index contributed by atoms with van der Waals surface area (Å²) in [6.45, 7) is 2.48. The van der Waals surface area contributed by atoms with Crippen molar-refractivity contribution in [3.05, 3.63) is 17.9 Å². The molecule has 112 valence electrons. The molecular weight excluding hydrogens is 259 g/mol. The van der Waals surface area contributed by atoms with Gasteiger partial charge in [-0.1, -0.05) is 6.92 Å². The van der Waals surface area contributed by atoms with Crippen molar-refractivity contribution < 1.29 is 13.9 Å².